The second-order valence-corrected chi connectivity index (χ2v) is 7.35. The number of nitrogens with zero attached hydrogens (tertiary/aromatic N) is 5. The van der Waals surface area contributed by atoms with Crippen LogP contribution in [0.1, 0.15) is 26.3 Å². The molecule has 0 aliphatic carbocycles. The Morgan fingerprint density at radius 1 is 0.971 bits per heavy atom. The average Bonchev–Trinajstić information content (AvgIpc) is 3.33. The fourth-order valence-corrected chi connectivity index (χ4v) is 3.15. The van der Waals surface area contributed by atoms with Crippen LogP contribution >= 0.6 is 11.6 Å². The van der Waals surface area contributed by atoms with Gasteiger partial charge in [-0.15, -0.1) is 0 Å². The molecule has 0 bridgehead atoms. The molecule has 2 amide bonds. The number of carbonyl (C=O) groups excluding carboxylic acids is 2. The number of hydrogen-bond donors (Lipinski definition) is 1. The van der Waals surface area contributed by atoms with Crippen LogP contribution < -0.4 is 0 Å². The van der Waals surface area contributed by atoms with Gasteiger partial charge in [0.25, 0.3) is 17.5 Å². The van der Waals surface area contributed by atoms with Crippen molar-refractivity contribution in [2.45, 2.75) is 0 Å². The van der Waals surface area contributed by atoms with Crippen LogP contribution in [0.3, 0.4) is 0 Å². The first-order valence-corrected chi connectivity index (χ1v) is 10.2. The molecule has 0 radical (unpaired) electrons. The number of amides is 2. The first-order chi connectivity index (χ1) is 16.4. The van der Waals surface area contributed by atoms with E-state index in [9.17, 15) is 19.7 Å². The highest BCUT2D eigenvalue weighted by Crippen LogP contribution is 2.22. The van der Waals surface area contributed by atoms with Crippen LogP contribution in [-0.2, 0) is 0 Å². The number of rotatable bonds is 6. The lowest BCUT2D eigenvalue weighted by Gasteiger charge is -2.15. The third kappa shape index (κ3) is 4.87. The zero-order valence-corrected chi connectivity index (χ0v) is 18.1. The molecule has 0 fully saturated rings. The third-order valence-electron chi connectivity index (χ3n) is 4.75. The number of halogens is 1. The van der Waals surface area contributed by atoms with E-state index in [0.29, 0.717) is 21.3 Å². The third-order valence-corrected chi connectivity index (χ3v) is 5.00. The Kier molecular flexibility index (Phi) is 6.51. The number of non-ortho nitro benzene ring substituents is 1. The SMILES string of the molecule is O=C(c1ccncc1)N(/N=C/c1cn[nH]c1-c1ccc(Cl)cc1)C(=O)c1ccc([N+](=O)[O-])cc1. The number of hydrogen-bond acceptors (Lipinski definition) is 7. The van der Waals surface area contributed by atoms with Crippen LogP contribution in [0.15, 0.2) is 84.4 Å². The summed E-state index contributed by atoms with van der Waals surface area (Å²) in [6.07, 6.45) is 5.66. The van der Waals surface area contributed by atoms with Crippen molar-refractivity contribution in [1.82, 2.24) is 20.2 Å². The molecule has 0 aliphatic rings. The summed E-state index contributed by atoms with van der Waals surface area (Å²) in [7, 11) is 0. The normalized spacial score (nSPS) is 10.9. The van der Waals surface area contributed by atoms with Crippen LogP contribution in [0.5, 0.6) is 0 Å². The largest absolute Gasteiger partial charge is 0.281 e. The summed E-state index contributed by atoms with van der Waals surface area (Å²) < 4.78 is 0. The van der Waals surface area contributed by atoms with E-state index >= 15 is 0 Å². The number of imide groups is 1. The molecule has 0 saturated carbocycles. The second kappa shape index (κ2) is 9.84. The average molecular weight is 475 g/mol. The molecular formula is C23H15ClN6O4. The molecule has 0 spiro atoms. The first kappa shape index (κ1) is 22.5. The Labute approximate surface area is 197 Å². The van der Waals surface area contributed by atoms with Gasteiger partial charge in [-0.05, 0) is 36.4 Å². The van der Waals surface area contributed by atoms with Gasteiger partial charge in [0.2, 0.25) is 0 Å². The summed E-state index contributed by atoms with van der Waals surface area (Å²) in [4.78, 5) is 40.5. The Morgan fingerprint density at radius 2 is 1.59 bits per heavy atom. The predicted molar refractivity (Wildman–Crippen MR) is 124 cm³/mol. The minimum atomic E-state index is -0.760. The van der Waals surface area contributed by atoms with Crippen LogP contribution in [0.25, 0.3) is 11.3 Å². The molecule has 4 aromatic rings. The maximum atomic E-state index is 13.2. The van der Waals surface area contributed by atoms with Crippen LogP contribution in [0.2, 0.25) is 5.02 Å². The Bertz CT molecular complexity index is 1370. The zero-order chi connectivity index (χ0) is 24.1. The van der Waals surface area contributed by atoms with Crippen molar-refractivity contribution in [2.24, 2.45) is 5.10 Å². The van der Waals surface area contributed by atoms with E-state index in [4.69, 9.17) is 11.6 Å². The quantitative estimate of drug-likeness (QED) is 0.191. The number of benzene rings is 2. The summed E-state index contributed by atoms with van der Waals surface area (Å²) in [5.41, 5.74) is 1.96. The molecular weight excluding hydrogens is 460 g/mol. The molecule has 2 heterocycles. The maximum absolute atomic E-state index is 13.2. The summed E-state index contributed by atoms with van der Waals surface area (Å²) >= 11 is 5.95. The van der Waals surface area contributed by atoms with E-state index in [1.54, 1.807) is 24.3 Å². The molecule has 0 aliphatic heterocycles. The Morgan fingerprint density at radius 3 is 2.21 bits per heavy atom. The molecule has 2 aromatic heterocycles. The summed E-state index contributed by atoms with van der Waals surface area (Å²) in [6, 6.07) is 14.8. The molecule has 2 aromatic carbocycles. The van der Waals surface area contributed by atoms with Gasteiger partial charge in [-0.3, -0.25) is 29.8 Å². The van der Waals surface area contributed by atoms with Gasteiger partial charge in [0.15, 0.2) is 0 Å². The van der Waals surface area contributed by atoms with Crippen LogP contribution in [0, 0.1) is 10.1 Å². The molecule has 0 saturated heterocycles. The van der Waals surface area contributed by atoms with E-state index in [2.05, 4.69) is 20.3 Å². The number of nitro groups is 1. The highest BCUT2D eigenvalue weighted by molar-refractivity contribution is 6.30. The molecule has 0 unspecified atom stereocenters. The van der Waals surface area contributed by atoms with Crippen molar-refractivity contribution < 1.29 is 14.5 Å². The number of aromatic amines is 1. The first-order valence-electron chi connectivity index (χ1n) is 9.80. The Hall–Kier alpha value is -4.70. The number of pyridine rings is 1. The van der Waals surface area contributed by atoms with E-state index in [0.717, 1.165) is 5.56 Å². The van der Waals surface area contributed by atoms with E-state index < -0.39 is 16.7 Å². The van der Waals surface area contributed by atoms with E-state index in [1.807, 2.05) is 0 Å². The predicted octanol–water partition coefficient (Wildman–Crippen LogP) is 4.35. The van der Waals surface area contributed by atoms with Gasteiger partial charge in [0.1, 0.15) is 0 Å². The van der Waals surface area contributed by atoms with Crippen LogP contribution in [-0.4, -0.2) is 43.1 Å². The molecule has 4 rings (SSSR count). The molecule has 34 heavy (non-hydrogen) atoms. The highest BCUT2D eigenvalue weighted by atomic mass is 35.5. The number of nitrogens with one attached hydrogen (secondary N) is 1. The highest BCUT2D eigenvalue weighted by Gasteiger charge is 2.24. The Balaban J connectivity index is 1.69. The minimum absolute atomic E-state index is 0.0512. The van der Waals surface area contributed by atoms with Gasteiger partial charge >= 0.3 is 0 Å². The van der Waals surface area contributed by atoms with Gasteiger partial charge in [-0.2, -0.15) is 15.2 Å². The second-order valence-electron chi connectivity index (χ2n) is 6.91. The summed E-state index contributed by atoms with van der Waals surface area (Å²) in [6.45, 7) is 0. The molecule has 1 N–H and O–H groups in total. The van der Waals surface area contributed by atoms with Crippen LogP contribution in [0.4, 0.5) is 5.69 Å². The van der Waals surface area contributed by atoms with Crippen molar-refractivity contribution in [3.8, 4) is 11.3 Å². The maximum Gasteiger partial charge on any atom is 0.281 e. The lowest BCUT2D eigenvalue weighted by molar-refractivity contribution is -0.384. The van der Waals surface area contributed by atoms with Gasteiger partial charge in [0.05, 0.1) is 23.0 Å². The fourth-order valence-electron chi connectivity index (χ4n) is 3.02. The molecule has 0 atom stereocenters. The minimum Gasteiger partial charge on any atom is -0.277 e. The van der Waals surface area contributed by atoms with Crippen molar-refractivity contribution in [3.05, 3.63) is 111 Å². The van der Waals surface area contributed by atoms with Gasteiger partial charge in [-0.25, -0.2) is 0 Å². The lowest BCUT2D eigenvalue weighted by atomic mass is 10.1. The summed E-state index contributed by atoms with van der Waals surface area (Å²) in [5, 5.41) is 23.2. The number of hydrazone groups is 1. The lowest BCUT2D eigenvalue weighted by Crippen LogP contribution is -2.32. The fraction of sp³-hybridized carbons (Fsp3) is 0. The van der Waals surface area contributed by atoms with Crippen molar-refractivity contribution in [1.29, 1.82) is 0 Å². The smallest absolute Gasteiger partial charge is 0.277 e. The molecule has 168 valence electrons. The standard InChI is InChI=1S/C23H15ClN6O4/c24-19-5-1-15(2-6-19)21-18(13-26-28-21)14-27-29(23(32)17-9-11-25-12-10-17)22(31)16-3-7-20(8-4-16)30(33)34/h1-14H,(H,26,28)/b27-14+. The molecule has 10 nitrogen and oxygen atoms in total. The van der Waals surface area contributed by atoms with Crippen molar-refractivity contribution >= 4 is 35.3 Å². The molecule has 11 heteroatoms. The van der Waals surface area contributed by atoms with Gasteiger partial charge in [-0.1, -0.05) is 23.7 Å². The van der Waals surface area contributed by atoms with Crippen molar-refractivity contribution in [2.75, 3.05) is 0 Å². The van der Waals surface area contributed by atoms with E-state index in [-0.39, 0.29) is 16.8 Å². The number of aromatic nitrogens is 3. The topological polar surface area (TPSA) is 134 Å². The number of H-pyrrole nitrogens is 1. The van der Waals surface area contributed by atoms with Gasteiger partial charge < -0.3 is 0 Å². The number of carbonyl (C=O) groups is 2. The zero-order valence-electron chi connectivity index (χ0n) is 17.3. The van der Waals surface area contributed by atoms with Crippen molar-refractivity contribution in [3.63, 3.8) is 0 Å². The monoisotopic (exact) mass is 474 g/mol. The van der Waals surface area contributed by atoms with Gasteiger partial charge in [0, 0.05) is 51.8 Å². The summed E-state index contributed by atoms with van der Waals surface area (Å²) in [5.74, 6) is -1.46. The van der Waals surface area contributed by atoms with E-state index in [1.165, 1.54) is 61.2 Å². The number of nitro benzene ring substituents is 1.